The highest BCUT2D eigenvalue weighted by Gasteiger charge is 2.50. The molecule has 2 aliphatic rings. The molecule has 0 aromatic heterocycles. The monoisotopic (exact) mass is 298 g/mol. The van der Waals surface area contributed by atoms with Crippen molar-refractivity contribution >= 4 is 0 Å². The number of likely N-dealkylation sites (N-methyl/N-ethyl adjacent to an activating group) is 1. The van der Waals surface area contributed by atoms with Crippen LogP contribution in [-0.4, -0.2) is 43.2 Å². The maximum Gasteiger partial charge on any atom is 0.219 e. The largest absolute Gasteiger partial charge is 0.341 e. The molecule has 1 aliphatic heterocycles. The van der Waals surface area contributed by atoms with Crippen molar-refractivity contribution in [1.82, 2.24) is 0 Å². The van der Waals surface area contributed by atoms with Gasteiger partial charge in [0.15, 0.2) is 5.79 Å². The molecule has 1 heterocycles. The molecule has 3 heteroatoms. The van der Waals surface area contributed by atoms with Crippen molar-refractivity contribution < 1.29 is 14.0 Å². The Kier molecular flexibility index (Phi) is 5.07. The van der Waals surface area contributed by atoms with Crippen molar-refractivity contribution in [3.8, 4) is 0 Å². The van der Waals surface area contributed by atoms with Gasteiger partial charge in [0, 0.05) is 12.8 Å². The summed E-state index contributed by atoms with van der Waals surface area (Å²) in [5.41, 5.74) is 0.413. The first-order valence-electron chi connectivity index (χ1n) is 8.91. The molecule has 0 radical (unpaired) electrons. The lowest BCUT2D eigenvalue weighted by atomic mass is 9.71. The predicted molar refractivity (Wildman–Crippen MR) is 86.9 cm³/mol. The number of hydrogen-bond acceptors (Lipinski definition) is 2. The highest BCUT2D eigenvalue weighted by Crippen LogP contribution is 2.46. The summed E-state index contributed by atoms with van der Waals surface area (Å²) in [6, 6.07) is 0. The SMILES string of the molecule is CCC[N+](C)(CC)C1COC2(CCC(C(C)(C)C)CC2)O1. The molecular weight excluding hydrogens is 262 g/mol. The highest BCUT2D eigenvalue weighted by atomic mass is 16.8. The van der Waals surface area contributed by atoms with Crippen LogP contribution in [0.3, 0.4) is 0 Å². The lowest BCUT2D eigenvalue weighted by Crippen LogP contribution is -2.54. The van der Waals surface area contributed by atoms with E-state index in [0.717, 1.165) is 36.4 Å². The van der Waals surface area contributed by atoms with E-state index in [0.29, 0.717) is 5.41 Å². The zero-order valence-electron chi connectivity index (χ0n) is 15.1. The lowest BCUT2D eigenvalue weighted by molar-refractivity contribution is -0.951. The van der Waals surface area contributed by atoms with E-state index in [1.807, 2.05) is 0 Å². The molecule has 0 aromatic carbocycles. The first-order chi connectivity index (χ1) is 9.75. The highest BCUT2D eigenvalue weighted by molar-refractivity contribution is 4.87. The molecular formula is C18H36NO2+. The van der Waals surface area contributed by atoms with Crippen molar-refractivity contribution in [3.05, 3.63) is 0 Å². The van der Waals surface area contributed by atoms with Crippen LogP contribution in [0.4, 0.5) is 0 Å². The van der Waals surface area contributed by atoms with Gasteiger partial charge in [-0.3, -0.25) is 9.22 Å². The summed E-state index contributed by atoms with van der Waals surface area (Å²) in [4.78, 5) is 0. The van der Waals surface area contributed by atoms with E-state index >= 15 is 0 Å². The molecule has 0 aromatic rings. The smallest absolute Gasteiger partial charge is 0.219 e. The third kappa shape index (κ3) is 3.62. The topological polar surface area (TPSA) is 18.5 Å². The zero-order valence-corrected chi connectivity index (χ0v) is 15.1. The Morgan fingerprint density at radius 2 is 1.76 bits per heavy atom. The van der Waals surface area contributed by atoms with Crippen LogP contribution < -0.4 is 0 Å². The third-order valence-electron chi connectivity index (χ3n) is 5.96. The molecule has 21 heavy (non-hydrogen) atoms. The molecule has 3 nitrogen and oxygen atoms in total. The van der Waals surface area contributed by atoms with Crippen LogP contribution in [0.1, 0.15) is 66.7 Å². The zero-order chi connectivity index (χ0) is 15.7. The van der Waals surface area contributed by atoms with Gasteiger partial charge in [-0.25, -0.2) is 0 Å². The fourth-order valence-corrected chi connectivity index (χ4v) is 4.05. The second-order valence-corrected chi connectivity index (χ2v) is 8.45. The van der Waals surface area contributed by atoms with Gasteiger partial charge in [0.1, 0.15) is 6.61 Å². The fourth-order valence-electron chi connectivity index (χ4n) is 4.05. The number of hydrogen-bond donors (Lipinski definition) is 0. The number of ether oxygens (including phenoxy) is 2. The van der Waals surface area contributed by atoms with Crippen LogP contribution >= 0.6 is 0 Å². The fraction of sp³-hybridized carbons (Fsp3) is 1.00. The predicted octanol–water partition coefficient (Wildman–Crippen LogP) is 4.17. The van der Waals surface area contributed by atoms with Gasteiger partial charge in [-0.05, 0) is 37.5 Å². The van der Waals surface area contributed by atoms with E-state index in [2.05, 4.69) is 41.7 Å². The molecule has 1 saturated heterocycles. The van der Waals surface area contributed by atoms with Gasteiger partial charge in [0.05, 0.1) is 20.1 Å². The maximum absolute atomic E-state index is 6.51. The van der Waals surface area contributed by atoms with Gasteiger partial charge >= 0.3 is 0 Å². The Labute approximate surface area is 131 Å². The summed E-state index contributed by atoms with van der Waals surface area (Å²) in [5, 5.41) is 0. The molecule has 0 N–H and O–H groups in total. The second-order valence-electron chi connectivity index (χ2n) is 8.45. The molecule has 0 amide bonds. The molecule has 124 valence electrons. The van der Waals surface area contributed by atoms with E-state index < -0.39 is 0 Å². The lowest BCUT2D eigenvalue weighted by Gasteiger charge is -2.42. The summed E-state index contributed by atoms with van der Waals surface area (Å²) in [6.07, 6.45) is 6.03. The minimum absolute atomic E-state index is 0.223. The van der Waals surface area contributed by atoms with E-state index in [4.69, 9.17) is 9.47 Å². The first-order valence-corrected chi connectivity index (χ1v) is 8.91. The summed E-state index contributed by atoms with van der Waals surface area (Å²) in [5.74, 6) is 0.534. The van der Waals surface area contributed by atoms with Gasteiger partial charge in [0.2, 0.25) is 6.23 Å². The maximum atomic E-state index is 6.51. The first kappa shape index (κ1) is 17.2. The Balaban J connectivity index is 1.97. The summed E-state index contributed by atoms with van der Waals surface area (Å²) in [7, 11) is 2.32. The van der Waals surface area contributed by atoms with Crippen molar-refractivity contribution in [2.24, 2.45) is 11.3 Å². The normalized spacial score (nSPS) is 36.9. The van der Waals surface area contributed by atoms with Crippen LogP contribution in [-0.2, 0) is 9.47 Å². The Bertz CT molecular complexity index is 342. The number of rotatable bonds is 4. The third-order valence-corrected chi connectivity index (χ3v) is 5.96. The van der Waals surface area contributed by atoms with Crippen LogP contribution in [0, 0.1) is 11.3 Å². The van der Waals surface area contributed by atoms with Gasteiger partial charge in [-0.1, -0.05) is 27.7 Å². The molecule has 1 saturated carbocycles. The average molecular weight is 298 g/mol. The number of quaternary nitrogens is 1. The number of nitrogens with zero attached hydrogens (tertiary/aromatic N) is 1. The van der Waals surface area contributed by atoms with Gasteiger partial charge in [-0.2, -0.15) is 0 Å². The Hall–Kier alpha value is -0.120. The minimum Gasteiger partial charge on any atom is -0.341 e. The second kappa shape index (κ2) is 6.17. The molecule has 2 unspecified atom stereocenters. The molecule has 1 spiro atoms. The van der Waals surface area contributed by atoms with Crippen LogP contribution in [0.2, 0.25) is 0 Å². The van der Waals surface area contributed by atoms with E-state index in [1.54, 1.807) is 0 Å². The van der Waals surface area contributed by atoms with Crippen molar-refractivity contribution in [1.29, 1.82) is 0 Å². The molecule has 2 rings (SSSR count). The summed E-state index contributed by atoms with van der Waals surface area (Å²) >= 11 is 0. The standard InChI is InChI=1S/C18H36NO2/c1-7-13-19(6,8-2)16-14-20-18(21-16)11-9-15(10-12-18)17(3,4)5/h15-16H,7-14H2,1-6H3/q+1. The Morgan fingerprint density at radius 3 is 2.24 bits per heavy atom. The quantitative estimate of drug-likeness (QED) is 0.725. The van der Waals surface area contributed by atoms with Crippen LogP contribution in [0.25, 0.3) is 0 Å². The van der Waals surface area contributed by atoms with Crippen LogP contribution in [0.5, 0.6) is 0 Å². The minimum atomic E-state index is -0.269. The Morgan fingerprint density at radius 1 is 1.14 bits per heavy atom. The molecule has 2 fully saturated rings. The summed E-state index contributed by atoms with van der Waals surface area (Å²) < 4.78 is 13.7. The van der Waals surface area contributed by atoms with Crippen LogP contribution in [0.15, 0.2) is 0 Å². The average Bonchev–Trinajstić information content (AvgIpc) is 2.83. The van der Waals surface area contributed by atoms with E-state index in [1.165, 1.54) is 25.8 Å². The summed E-state index contributed by atoms with van der Waals surface area (Å²) in [6.45, 7) is 14.7. The van der Waals surface area contributed by atoms with E-state index in [9.17, 15) is 0 Å². The van der Waals surface area contributed by atoms with Crippen molar-refractivity contribution in [3.63, 3.8) is 0 Å². The van der Waals surface area contributed by atoms with Gasteiger partial charge < -0.3 is 4.74 Å². The van der Waals surface area contributed by atoms with Crippen molar-refractivity contribution in [2.75, 3.05) is 26.7 Å². The molecule has 2 atom stereocenters. The van der Waals surface area contributed by atoms with Gasteiger partial charge in [-0.15, -0.1) is 0 Å². The van der Waals surface area contributed by atoms with Gasteiger partial charge in [0.25, 0.3) is 0 Å². The van der Waals surface area contributed by atoms with E-state index in [-0.39, 0.29) is 12.0 Å². The molecule has 1 aliphatic carbocycles. The van der Waals surface area contributed by atoms with Crippen molar-refractivity contribution in [2.45, 2.75) is 78.7 Å². The molecule has 0 bridgehead atoms.